The number of carbonyl (C=O) groups excluding carboxylic acids is 2. The van der Waals surface area contributed by atoms with Crippen LogP contribution in [0.25, 0.3) is 5.69 Å². The largest absolute Gasteiger partial charge is 0.349 e. The Morgan fingerprint density at radius 2 is 2.08 bits per heavy atom. The summed E-state index contributed by atoms with van der Waals surface area (Å²) in [6.07, 6.45) is 2.25. The van der Waals surface area contributed by atoms with Gasteiger partial charge in [0.25, 0.3) is 11.7 Å². The number of benzene rings is 1. The van der Waals surface area contributed by atoms with E-state index < -0.39 is 0 Å². The van der Waals surface area contributed by atoms with Crippen molar-refractivity contribution in [3.63, 3.8) is 0 Å². The van der Waals surface area contributed by atoms with Crippen LogP contribution in [0, 0.1) is 0 Å². The average Bonchev–Trinajstić information content (AvgIpc) is 3.22. The van der Waals surface area contributed by atoms with Crippen molar-refractivity contribution in [2.75, 3.05) is 19.6 Å². The number of amides is 2. The van der Waals surface area contributed by atoms with Gasteiger partial charge in [-0.2, -0.15) is 0 Å². The molecule has 0 radical (unpaired) electrons. The number of hydrogen-bond donors (Lipinski definition) is 1. The summed E-state index contributed by atoms with van der Waals surface area (Å²) in [6.45, 7) is 1.92. The van der Waals surface area contributed by atoms with Gasteiger partial charge in [-0.05, 0) is 42.3 Å². The van der Waals surface area contributed by atoms with Crippen LogP contribution in [0.15, 0.2) is 24.3 Å². The van der Waals surface area contributed by atoms with Crippen LogP contribution in [0.2, 0.25) is 5.02 Å². The van der Waals surface area contributed by atoms with Crippen LogP contribution in [-0.2, 0) is 4.79 Å². The summed E-state index contributed by atoms with van der Waals surface area (Å²) in [6, 6.07) is 6.89. The van der Waals surface area contributed by atoms with E-state index in [1.165, 1.54) is 4.80 Å². The zero-order chi connectivity index (χ0) is 16.9. The SMILES string of the molecule is O=C(NCCCN1CCCC1=O)c1nnn(-c2ccc(Cl)cc2)n1. The molecule has 1 aromatic heterocycles. The number of likely N-dealkylation sites (tertiary alicyclic amines) is 1. The number of aromatic nitrogens is 4. The highest BCUT2D eigenvalue weighted by atomic mass is 35.5. The zero-order valence-electron chi connectivity index (χ0n) is 13.0. The van der Waals surface area contributed by atoms with Gasteiger partial charge in [0.1, 0.15) is 0 Å². The molecule has 1 saturated heterocycles. The van der Waals surface area contributed by atoms with E-state index in [1.54, 1.807) is 24.3 Å². The van der Waals surface area contributed by atoms with Crippen LogP contribution >= 0.6 is 11.6 Å². The molecule has 24 heavy (non-hydrogen) atoms. The Balaban J connectivity index is 1.48. The van der Waals surface area contributed by atoms with Crippen LogP contribution in [0.5, 0.6) is 0 Å². The van der Waals surface area contributed by atoms with Crippen molar-refractivity contribution >= 4 is 23.4 Å². The van der Waals surface area contributed by atoms with Crippen molar-refractivity contribution in [3.8, 4) is 5.69 Å². The van der Waals surface area contributed by atoms with Gasteiger partial charge in [0, 0.05) is 31.1 Å². The Bertz CT molecular complexity index is 730. The summed E-state index contributed by atoms with van der Waals surface area (Å²) in [7, 11) is 0. The number of halogens is 1. The zero-order valence-corrected chi connectivity index (χ0v) is 13.7. The first-order valence-electron chi connectivity index (χ1n) is 7.75. The molecule has 0 spiro atoms. The van der Waals surface area contributed by atoms with Crippen molar-refractivity contribution in [2.45, 2.75) is 19.3 Å². The first kappa shape index (κ1) is 16.4. The molecule has 0 atom stereocenters. The lowest BCUT2D eigenvalue weighted by Crippen LogP contribution is -2.31. The lowest BCUT2D eigenvalue weighted by atomic mass is 10.3. The molecule has 0 aliphatic carbocycles. The fraction of sp³-hybridized carbons (Fsp3) is 0.400. The van der Waals surface area contributed by atoms with Gasteiger partial charge in [0.05, 0.1) is 5.69 Å². The summed E-state index contributed by atoms with van der Waals surface area (Å²) >= 11 is 5.83. The van der Waals surface area contributed by atoms with Gasteiger partial charge in [0.2, 0.25) is 5.91 Å². The van der Waals surface area contributed by atoms with E-state index in [4.69, 9.17) is 11.6 Å². The first-order chi connectivity index (χ1) is 11.6. The standard InChI is InChI=1S/C15H17ClN6O2/c16-11-4-6-12(7-5-11)22-19-14(18-20-22)15(24)17-8-2-10-21-9-1-3-13(21)23/h4-7H,1-3,8-10H2,(H,17,24). The third-order valence-corrected chi connectivity index (χ3v) is 3.99. The van der Waals surface area contributed by atoms with Crippen LogP contribution in [0.3, 0.4) is 0 Å². The highest BCUT2D eigenvalue weighted by Gasteiger charge is 2.19. The maximum atomic E-state index is 12.0. The maximum absolute atomic E-state index is 12.0. The van der Waals surface area contributed by atoms with Gasteiger partial charge in [-0.25, -0.2) is 0 Å². The lowest BCUT2D eigenvalue weighted by molar-refractivity contribution is -0.127. The van der Waals surface area contributed by atoms with Crippen molar-refractivity contribution < 1.29 is 9.59 Å². The van der Waals surface area contributed by atoms with Crippen LogP contribution < -0.4 is 5.32 Å². The molecule has 3 rings (SSSR count). The minimum absolute atomic E-state index is 0.00204. The molecule has 0 unspecified atom stereocenters. The Hall–Kier alpha value is -2.48. The molecule has 2 heterocycles. The van der Waals surface area contributed by atoms with E-state index in [-0.39, 0.29) is 17.6 Å². The normalized spacial score (nSPS) is 14.2. The van der Waals surface area contributed by atoms with Gasteiger partial charge in [-0.3, -0.25) is 9.59 Å². The molecule has 126 valence electrons. The van der Waals surface area contributed by atoms with Crippen molar-refractivity contribution in [3.05, 3.63) is 35.1 Å². The van der Waals surface area contributed by atoms with Crippen molar-refractivity contribution in [1.82, 2.24) is 30.4 Å². The second-order valence-corrected chi connectivity index (χ2v) is 5.91. The van der Waals surface area contributed by atoms with Crippen molar-refractivity contribution in [1.29, 1.82) is 0 Å². The molecule has 0 bridgehead atoms. The molecular weight excluding hydrogens is 332 g/mol. The molecule has 2 amide bonds. The highest BCUT2D eigenvalue weighted by molar-refractivity contribution is 6.30. The molecular formula is C15H17ClN6O2. The van der Waals surface area contributed by atoms with E-state index in [9.17, 15) is 9.59 Å². The average molecular weight is 349 g/mol. The molecule has 1 aliphatic rings. The van der Waals surface area contributed by atoms with E-state index in [0.29, 0.717) is 36.6 Å². The van der Waals surface area contributed by atoms with Gasteiger partial charge >= 0.3 is 0 Å². The molecule has 1 aliphatic heterocycles. The van der Waals surface area contributed by atoms with E-state index in [1.807, 2.05) is 4.90 Å². The molecule has 9 heteroatoms. The number of rotatable bonds is 6. The summed E-state index contributed by atoms with van der Waals surface area (Å²) in [5, 5.41) is 15.0. The first-order valence-corrected chi connectivity index (χ1v) is 8.13. The minimum atomic E-state index is -0.386. The third kappa shape index (κ3) is 3.88. The summed E-state index contributed by atoms with van der Waals surface area (Å²) in [5.41, 5.74) is 0.665. The molecule has 8 nitrogen and oxygen atoms in total. The molecule has 0 saturated carbocycles. The van der Waals surface area contributed by atoms with Crippen LogP contribution in [0.4, 0.5) is 0 Å². The molecule has 2 aromatic rings. The summed E-state index contributed by atoms with van der Waals surface area (Å²) in [5.74, 6) is -0.195. The fourth-order valence-corrected chi connectivity index (χ4v) is 2.61. The fourth-order valence-electron chi connectivity index (χ4n) is 2.48. The van der Waals surface area contributed by atoms with E-state index >= 15 is 0 Å². The summed E-state index contributed by atoms with van der Waals surface area (Å²) < 4.78 is 0. The van der Waals surface area contributed by atoms with Gasteiger partial charge < -0.3 is 10.2 Å². The highest BCUT2D eigenvalue weighted by Crippen LogP contribution is 2.11. The minimum Gasteiger partial charge on any atom is -0.349 e. The number of carbonyl (C=O) groups is 2. The van der Waals surface area contributed by atoms with Crippen molar-refractivity contribution in [2.24, 2.45) is 0 Å². The smallest absolute Gasteiger partial charge is 0.292 e. The molecule has 1 fully saturated rings. The lowest BCUT2D eigenvalue weighted by Gasteiger charge is -2.14. The second-order valence-electron chi connectivity index (χ2n) is 5.47. The van der Waals surface area contributed by atoms with Crippen LogP contribution in [0.1, 0.15) is 29.9 Å². The molecule has 1 N–H and O–H groups in total. The van der Waals surface area contributed by atoms with Gasteiger partial charge in [-0.15, -0.1) is 15.0 Å². The third-order valence-electron chi connectivity index (χ3n) is 3.74. The topological polar surface area (TPSA) is 93.0 Å². The maximum Gasteiger partial charge on any atom is 0.292 e. The monoisotopic (exact) mass is 348 g/mol. The number of nitrogens with zero attached hydrogens (tertiary/aromatic N) is 5. The number of nitrogens with one attached hydrogen (secondary N) is 1. The second kappa shape index (κ2) is 7.39. The Morgan fingerprint density at radius 1 is 1.29 bits per heavy atom. The van der Waals surface area contributed by atoms with Crippen LogP contribution in [-0.4, -0.2) is 56.6 Å². The van der Waals surface area contributed by atoms with Gasteiger partial charge in [-0.1, -0.05) is 11.6 Å². The van der Waals surface area contributed by atoms with E-state index in [0.717, 1.165) is 13.0 Å². The predicted molar refractivity (Wildman–Crippen MR) is 86.9 cm³/mol. The van der Waals surface area contributed by atoms with E-state index in [2.05, 4.69) is 20.7 Å². The number of hydrogen-bond acceptors (Lipinski definition) is 5. The quantitative estimate of drug-likeness (QED) is 0.788. The van der Waals surface area contributed by atoms with Gasteiger partial charge in [0.15, 0.2) is 0 Å². The number of tetrazole rings is 1. The summed E-state index contributed by atoms with van der Waals surface area (Å²) in [4.78, 5) is 26.6. The Labute approximate surface area is 143 Å². The predicted octanol–water partition coefficient (Wildman–Crippen LogP) is 1.06. The Kier molecular flexibility index (Phi) is 5.05. The Morgan fingerprint density at radius 3 is 2.79 bits per heavy atom. The molecule has 1 aromatic carbocycles.